The first kappa shape index (κ1) is 23.4. The normalized spacial score (nSPS) is 10.9. The number of rotatable bonds is 7. The van der Waals surface area contributed by atoms with E-state index in [-0.39, 0.29) is 40.5 Å². The third-order valence-corrected chi connectivity index (χ3v) is 5.61. The number of carbonyl (C=O) groups is 1. The highest BCUT2D eigenvalue weighted by Gasteiger charge is 2.15. The average Bonchev–Trinajstić information content (AvgIpc) is 3.40. The lowest BCUT2D eigenvalue weighted by atomic mass is 10.2. The summed E-state index contributed by atoms with van der Waals surface area (Å²) < 4.78 is 26.6. The number of nitrogens with one attached hydrogen (secondary N) is 1. The van der Waals surface area contributed by atoms with Crippen molar-refractivity contribution in [1.82, 2.24) is 9.78 Å². The molecule has 11 heteroatoms. The Labute approximate surface area is 207 Å². The highest BCUT2D eigenvalue weighted by atomic mass is 35.5. The van der Waals surface area contributed by atoms with Gasteiger partial charge < -0.3 is 14.5 Å². The number of furan rings is 1. The van der Waals surface area contributed by atoms with Crippen molar-refractivity contribution in [2.75, 3.05) is 5.32 Å². The lowest BCUT2D eigenvalue weighted by Crippen LogP contribution is -2.12. The van der Waals surface area contributed by atoms with Crippen LogP contribution in [0.4, 0.5) is 10.2 Å². The Balaban J connectivity index is 1.37. The topological polar surface area (TPSA) is 69.3 Å². The van der Waals surface area contributed by atoms with Crippen molar-refractivity contribution < 1.29 is 18.3 Å². The van der Waals surface area contributed by atoms with Crippen molar-refractivity contribution in [3.63, 3.8) is 0 Å². The summed E-state index contributed by atoms with van der Waals surface area (Å²) in [4.78, 5) is 12.5. The molecule has 0 aliphatic rings. The van der Waals surface area contributed by atoms with Gasteiger partial charge in [0.05, 0.1) is 16.6 Å². The maximum absolute atomic E-state index is 14.0. The van der Waals surface area contributed by atoms with Crippen molar-refractivity contribution >= 4 is 58.1 Å². The SMILES string of the molecule is O=C(Nc1ccn(Cc2c(F)cccc2Cl)n1)c1ccc(COc2c(Cl)cc(Cl)cc2Cl)o1. The van der Waals surface area contributed by atoms with E-state index in [9.17, 15) is 9.18 Å². The van der Waals surface area contributed by atoms with Gasteiger partial charge >= 0.3 is 0 Å². The zero-order chi connectivity index (χ0) is 23.5. The van der Waals surface area contributed by atoms with Crippen LogP contribution < -0.4 is 10.1 Å². The second-order valence-electron chi connectivity index (χ2n) is 6.81. The zero-order valence-electron chi connectivity index (χ0n) is 16.6. The summed E-state index contributed by atoms with van der Waals surface area (Å²) in [6, 6.07) is 12.1. The number of ether oxygens (including phenoxy) is 1. The lowest BCUT2D eigenvalue weighted by molar-refractivity contribution is 0.0992. The first-order valence-electron chi connectivity index (χ1n) is 9.44. The third-order valence-electron chi connectivity index (χ3n) is 4.47. The maximum Gasteiger partial charge on any atom is 0.292 e. The van der Waals surface area contributed by atoms with Crippen molar-refractivity contribution in [3.8, 4) is 5.75 Å². The van der Waals surface area contributed by atoms with Gasteiger partial charge in [0.2, 0.25) is 0 Å². The molecule has 4 aromatic rings. The number of nitrogens with zero attached hydrogens (tertiary/aromatic N) is 2. The van der Waals surface area contributed by atoms with Crippen LogP contribution in [0, 0.1) is 5.82 Å². The van der Waals surface area contributed by atoms with Gasteiger partial charge in [0.25, 0.3) is 5.91 Å². The molecular weight excluding hydrogens is 515 g/mol. The largest absolute Gasteiger partial charge is 0.483 e. The third kappa shape index (κ3) is 5.62. The van der Waals surface area contributed by atoms with Crippen LogP contribution in [-0.4, -0.2) is 15.7 Å². The van der Waals surface area contributed by atoms with Crippen molar-refractivity contribution in [2.24, 2.45) is 0 Å². The second kappa shape index (κ2) is 10.1. The summed E-state index contributed by atoms with van der Waals surface area (Å²) in [5.41, 5.74) is 0.303. The molecule has 0 unspecified atom stereocenters. The Bertz CT molecular complexity index is 1280. The number of amides is 1. The Kier molecular flexibility index (Phi) is 7.14. The summed E-state index contributed by atoms with van der Waals surface area (Å²) in [5.74, 6) is -0.00403. The fourth-order valence-electron chi connectivity index (χ4n) is 2.93. The van der Waals surface area contributed by atoms with Gasteiger partial charge in [-0.15, -0.1) is 0 Å². The molecular formula is C22H14Cl4FN3O3. The molecule has 1 N–H and O–H groups in total. The van der Waals surface area contributed by atoms with Crippen LogP contribution >= 0.6 is 46.4 Å². The minimum absolute atomic E-state index is 0.00756. The van der Waals surface area contributed by atoms with Crippen molar-refractivity contribution in [2.45, 2.75) is 13.2 Å². The number of anilines is 1. The Morgan fingerprint density at radius 3 is 2.55 bits per heavy atom. The quantitative estimate of drug-likeness (QED) is 0.277. The van der Waals surface area contributed by atoms with Gasteiger partial charge in [0.15, 0.2) is 17.3 Å². The summed E-state index contributed by atoms with van der Waals surface area (Å²) >= 11 is 24.1. The molecule has 0 bridgehead atoms. The van der Waals surface area contributed by atoms with Gasteiger partial charge in [0.1, 0.15) is 18.2 Å². The zero-order valence-corrected chi connectivity index (χ0v) is 19.6. The lowest BCUT2D eigenvalue weighted by Gasteiger charge is -2.09. The van der Waals surface area contributed by atoms with Crippen LogP contribution in [0.1, 0.15) is 21.9 Å². The van der Waals surface area contributed by atoms with E-state index in [1.165, 1.54) is 35.0 Å². The van der Waals surface area contributed by atoms with E-state index < -0.39 is 11.7 Å². The molecule has 2 heterocycles. The van der Waals surface area contributed by atoms with Crippen molar-refractivity contribution in [3.05, 3.63) is 97.7 Å². The smallest absolute Gasteiger partial charge is 0.292 e. The highest BCUT2D eigenvalue weighted by Crippen LogP contribution is 2.36. The molecule has 0 fully saturated rings. The summed E-state index contributed by atoms with van der Waals surface area (Å²) in [6.07, 6.45) is 1.60. The van der Waals surface area contributed by atoms with Crippen LogP contribution in [0.5, 0.6) is 5.75 Å². The molecule has 0 saturated carbocycles. The van der Waals surface area contributed by atoms with E-state index in [0.29, 0.717) is 21.4 Å². The number of carbonyl (C=O) groups excluding carboxylic acids is 1. The van der Waals surface area contributed by atoms with Crippen molar-refractivity contribution in [1.29, 1.82) is 0 Å². The minimum Gasteiger partial charge on any atom is -0.483 e. The van der Waals surface area contributed by atoms with Crippen LogP contribution in [0.3, 0.4) is 0 Å². The monoisotopic (exact) mass is 527 g/mol. The molecule has 0 saturated heterocycles. The Morgan fingerprint density at radius 1 is 1.06 bits per heavy atom. The molecule has 2 aromatic heterocycles. The molecule has 0 radical (unpaired) electrons. The molecule has 33 heavy (non-hydrogen) atoms. The predicted octanol–water partition coefficient (Wildman–Crippen LogP) is 7.11. The fraction of sp³-hybridized carbons (Fsp3) is 0.0909. The van der Waals surface area contributed by atoms with E-state index in [0.717, 1.165) is 0 Å². The van der Waals surface area contributed by atoms with E-state index in [1.54, 1.807) is 24.4 Å². The number of hydrogen-bond acceptors (Lipinski definition) is 4. The molecule has 0 aliphatic carbocycles. The first-order valence-corrected chi connectivity index (χ1v) is 10.9. The van der Waals surface area contributed by atoms with Gasteiger partial charge in [0, 0.05) is 27.9 Å². The van der Waals surface area contributed by atoms with Crippen LogP contribution in [0.15, 0.2) is 59.1 Å². The molecule has 6 nitrogen and oxygen atoms in total. The van der Waals surface area contributed by atoms with Crippen LogP contribution in [-0.2, 0) is 13.2 Å². The predicted molar refractivity (Wildman–Crippen MR) is 125 cm³/mol. The number of halogens is 5. The molecule has 4 rings (SSSR count). The van der Waals surface area contributed by atoms with Gasteiger partial charge in [-0.2, -0.15) is 5.10 Å². The van der Waals surface area contributed by atoms with Gasteiger partial charge in [-0.1, -0.05) is 52.5 Å². The Hall–Kier alpha value is -2.71. The Morgan fingerprint density at radius 2 is 1.82 bits per heavy atom. The number of hydrogen-bond donors (Lipinski definition) is 1. The molecule has 0 aliphatic heterocycles. The average molecular weight is 529 g/mol. The molecule has 1 amide bonds. The minimum atomic E-state index is -0.516. The number of benzene rings is 2. The number of aromatic nitrogens is 2. The second-order valence-corrected chi connectivity index (χ2v) is 8.46. The molecule has 170 valence electrons. The molecule has 0 spiro atoms. The summed E-state index contributed by atoms with van der Waals surface area (Å²) in [7, 11) is 0. The first-order chi connectivity index (χ1) is 15.8. The van der Waals surface area contributed by atoms with Gasteiger partial charge in [-0.25, -0.2) is 4.39 Å². The van der Waals surface area contributed by atoms with E-state index >= 15 is 0 Å². The van der Waals surface area contributed by atoms with E-state index in [2.05, 4.69) is 10.4 Å². The van der Waals surface area contributed by atoms with Crippen LogP contribution in [0.25, 0.3) is 0 Å². The fourth-order valence-corrected chi connectivity index (χ4v) is 4.08. The van der Waals surface area contributed by atoms with Gasteiger partial charge in [-0.05, 0) is 36.4 Å². The highest BCUT2D eigenvalue weighted by molar-refractivity contribution is 6.40. The van der Waals surface area contributed by atoms with E-state index in [1.807, 2.05) is 0 Å². The standard InChI is InChI=1S/C22H14Cl4FN3O3/c23-12-8-16(25)21(17(26)9-12)32-11-13-4-5-19(33-13)22(31)28-20-6-7-30(29-20)10-14-15(24)2-1-3-18(14)27/h1-9H,10-11H2,(H,28,29,31). The summed E-state index contributed by atoms with van der Waals surface area (Å²) in [5, 5.41) is 8.02. The van der Waals surface area contributed by atoms with E-state index in [4.69, 9.17) is 55.6 Å². The van der Waals surface area contributed by atoms with Crippen LogP contribution in [0.2, 0.25) is 20.1 Å². The maximum atomic E-state index is 14.0. The molecule has 2 aromatic carbocycles. The van der Waals surface area contributed by atoms with Gasteiger partial charge in [-0.3, -0.25) is 9.48 Å². The molecule has 0 atom stereocenters. The summed E-state index contributed by atoms with van der Waals surface area (Å²) in [6.45, 7) is 0.103.